The summed E-state index contributed by atoms with van der Waals surface area (Å²) in [6, 6.07) is 0. The van der Waals surface area contributed by atoms with Crippen LogP contribution in [0, 0.1) is 0 Å². The van der Waals surface area contributed by atoms with Crippen LogP contribution < -0.4 is 0 Å². The molecule has 0 heterocycles. The van der Waals surface area contributed by atoms with Crippen molar-refractivity contribution in [2.75, 3.05) is 21.1 Å². The van der Waals surface area contributed by atoms with Gasteiger partial charge in [0.15, 0.2) is 0 Å². The third-order valence-electron chi connectivity index (χ3n) is 0. The number of nitrogens with one attached hydrogen (secondary N) is 3. The maximum Gasteiger partial charge on any atom is 3.00 e. The molecule has 0 saturated carbocycles. The summed E-state index contributed by atoms with van der Waals surface area (Å²) in [5, 5.41) is 0. The SMILES string of the molecule is C[NH-].C[NH-].C[NH-].[In+3]. The van der Waals surface area contributed by atoms with Crippen LogP contribution in [0.4, 0.5) is 0 Å². The van der Waals surface area contributed by atoms with Gasteiger partial charge in [0.2, 0.25) is 0 Å². The molecule has 0 spiro atoms. The molecule has 7 heavy (non-hydrogen) atoms. The summed E-state index contributed by atoms with van der Waals surface area (Å²) in [4.78, 5) is 0. The van der Waals surface area contributed by atoms with Crippen LogP contribution in [0.15, 0.2) is 0 Å². The maximum atomic E-state index is 5.75. The van der Waals surface area contributed by atoms with Crippen LogP contribution in [0.25, 0.3) is 17.2 Å². The van der Waals surface area contributed by atoms with Gasteiger partial charge in [-0.3, -0.25) is 0 Å². The van der Waals surface area contributed by atoms with Crippen molar-refractivity contribution in [1.82, 2.24) is 0 Å². The molecular weight excluding hydrogens is 193 g/mol. The molecule has 0 aliphatic rings. The first-order valence-electron chi connectivity index (χ1n) is 1.50. The van der Waals surface area contributed by atoms with Crippen molar-refractivity contribution >= 4 is 25.8 Å². The molecule has 0 aromatic rings. The van der Waals surface area contributed by atoms with E-state index in [0.29, 0.717) is 0 Å². The standard InChI is InChI=1S/3CH4N.In/c3*1-2;/h3*2H,1H3;/q3*-1;+3. The first-order chi connectivity index (χ1) is 3.00. The van der Waals surface area contributed by atoms with E-state index >= 15 is 0 Å². The molecule has 0 aromatic heterocycles. The van der Waals surface area contributed by atoms with Gasteiger partial charge >= 0.3 is 25.8 Å². The van der Waals surface area contributed by atoms with Gasteiger partial charge in [0, 0.05) is 0 Å². The van der Waals surface area contributed by atoms with Gasteiger partial charge < -0.3 is 17.2 Å². The first kappa shape index (κ1) is 25.1. The van der Waals surface area contributed by atoms with E-state index in [0.717, 1.165) is 0 Å². The molecule has 0 bridgehead atoms. The Morgan fingerprint density at radius 2 is 0.571 bits per heavy atom. The minimum Gasteiger partial charge on any atom is -0.680 e. The topological polar surface area (TPSA) is 71.4 Å². The van der Waals surface area contributed by atoms with Gasteiger partial charge in [0.05, 0.1) is 0 Å². The van der Waals surface area contributed by atoms with E-state index in [2.05, 4.69) is 0 Å². The third kappa shape index (κ3) is 271. The summed E-state index contributed by atoms with van der Waals surface area (Å²) < 4.78 is 0. The Morgan fingerprint density at radius 1 is 0.571 bits per heavy atom. The molecular formula is C3H12InN3. The third-order valence-corrected chi connectivity index (χ3v) is 0. The molecule has 0 aromatic carbocycles. The quantitative estimate of drug-likeness (QED) is 0.576. The smallest absolute Gasteiger partial charge is 0.680 e. The van der Waals surface area contributed by atoms with Gasteiger partial charge in [-0.2, -0.15) is 21.1 Å². The molecule has 0 aliphatic heterocycles. The van der Waals surface area contributed by atoms with Crippen LogP contribution in [-0.2, 0) is 0 Å². The summed E-state index contributed by atoms with van der Waals surface area (Å²) in [6.07, 6.45) is 0. The van der Waals surface area contributed by atoms with Crippen molar-refractivity contribution in [2.45, 2.75) is 0 Å². The Morgan fingerprint density at radius 3 is 0.571 bits per heavy atom. The molecule has 0 atom stereocenters. The largest absolute Gasteiger partial charge is 3.00 e. The van der Waals surface area contributed by atoms with E-state index in [1.54, 1.807) is 0 Å². The minimum absolute atomic E-state index is 0. The second-order valence-electron chi connectivity index (χ2n) is 0. The van der Waals surface area contributed by atoms with Crippen molar-refractivity contribution in [3.05, 3.63) is 17.2 Å². The average Bonchev–Trinajstić information content (AvgIpc) is 1.81. The van der Waals surface area contributed by atoms with E-state index in [9.17, 15) is 0 Å². The fourth-order valence-corrected chi connectivity index (χ4v) is 0. The molecule has 3 nitrogen and oxygen atoms in total. The molecule has 0 fully saturated rings. The molecule has 0 amide bonds. The summed E-state index contributed by atoms with van der Waals surface area (Å²) in [7, 11) is 3.75. The van der Waals surface area contributed by atoms with Gasteiger partial charge in [-0.1, -0.05) is 0 Å². The van der Waals surface area contributed by atoms with Gasteiger partial charge in [0.1, 0.15) is 0 Å². The van der Waals surface area contributed by atoms with E-state index in [-0.39, 0.29) is 25.8 Å². The Labute approximate surface area is 64.4 Å². The van der Waals surface area contributed by atoms with Crippen LogP contribution in [0.2, 0.25) is 0 Å². The van der Waals surface area contributed by atoms with Crippen LogP contribution in [0.5, 0.6) is 0 Å². The Hall–Kier alpha value is 0.750. The normalized spacial score (nSPS) is 2.57. The molecule has 0 saturated heterocycles. The van der Waals surface area contributed by atoms with Crippen molar-refractivity contribution in [2.24, 2.45) is 0 Å². The minimum atomic E-state index is 0. The second kappa shape index (κ2) is 397. The van der Waals surface area contributed by atoms with Crippen LogP contribution in [-0.4, -0.2) is 47.0 Å². The monoisotopic (exact) mass is 205 g/mol. The summed E-state index contributed by atoms with van der Waals surface area (Å²) in [6.45, 7) is 0. The molecule has 0 rings (SSSR count). The Balaban J connectivity index is -0.00000000900. The van der Waals surface area contributed by atoms with Crippen molar-refractivity contribution in [3.8, 4) is 0 Å². The van der Waals surface area contributed by atoms with Gasteiger partial charge in [-0.05, 0) is 0 Å². The molecule has 0 aliphatic carbocycles. The first-order valence-corrected chi connectivity index (χ1v) is 1.50. The fraction of sp³-hybridized carbons (Fsp3) is 1.00. The van der Waals surface area contributed by atoms with E-state index < -0.39 is 0 Å². The van der Waals surface area contributed by atoms with Crippen molar-refractivity contribution < 1.29 is 0 Å². The predicted molar refractivity (Wildman–Crippen MR) is 36.5 cm³/mol. The summed E-state index contributed by atoms with van der Waals surface area (Å²) in [5.41, 5.74) is 17.2. The zero-order chi connectivity index (χ0) is 6.00. The number of rotatable bonds is 0. The molecule has 0 unspecified atom stereocenters. The average molecular weight is 205 g/mol. The predicted octanol–water partition coefficient (Wildman–Crippen LogP) is 1.62. The zero-order valence-corrected chi connectivity index (χ0v) is 8.37. The van der Waals surface area contributed by atoms with Crippen LogP contribution in [0.1, 0.15) is 0 Å². The van der Waals surface area contributed by atoms with E-state index in [1.165, 1.54) is 21.1 Å². The van der Waals surface area contributed by atoms with Gasteiger partial charge in [-0.25, -0.2) is 0 Å². The maximum absolute atomic E-state index is 5.75. The van der Waals surface area contributed by atoms with Gasteiger partial charge in [-0.15, -0.1) is 0 Å². The number of hydrogen-bond acceptors (Lipinski definition) is 0. The Kier molecular flexibility index (Phi) is 1420. The van der Waals surface area contributed by atoms with Crippen molar-refractivity contribution in [1.29, 1.82) is 0 Å². The fourth-order valence-electron chi connectivity index (χ4n) is 0. The van der Waals surface area contributed by atoms with Crippen molar-refractivity contribution in [3.63, 3.8) is 0 Å². The van der Waals surface area contributed by atoms with E-state index in [1.807, 2.05) is 0 Å². The molecule has 0 radical (unpaired) electrons. The summed E-state index contributed by atoms with van der Waals surface area (Å²) >= 11 is 0. The summed E-state index contributed by atoms with van der Waals surface area (Å²) in [5.74, 6) is 0. The molecule has 42 valence electrons. The Bertz CT molecular complexity index is 10.1. The van der Waals surface area contributed by atoms with Crippen LogP contribution >= 0.6 is 0 Å². The molecule has 4 heteroatoms. The number of hydrogen-bond donors (Lipinski definition) is 0. The zero-order valence-electron chi connectivity index (χ0n) is 5.08. The second-order valence-corrected chi connectivity index (χ2v) is 0. The molecule has 3 N–H and O–H groups in total. The van der Waals surface area contributed by atoms with Gasteiger partial charge in [0.25, 0.3) is 0 Å². The van der Waals surface area contributed by atoms with Crippen LogP contribution in [0.3, 0.4) is 0 Å². The van der Waals surface area contributed by atoms with E-state index in [4.69, 9.17) is 17.2 Å².